The molecule has 190 valence electrons. The molecule has 0 unspecified atom stereocenters. The van der Waals surface area contributed by atoms with Gasteiger partial charge in [0.2, 0.25) is 10.0 Å². The van der Waals surface area contributed by atoms with Crippen molar-refractivity contribution in [1.82, 2.24) is 18.8 Å². The van der Waals surface area contributed by atoms with Crippen molar-refractivity contribution in [2.24, 2.45) is 0 Å². The summed E-state index contributed by atoms with van der Waals surface area (Å²) in [6, 6.07) is 4.32. The number of nitrogens with one attached hydrogen (secondary N) is 1. The van der Waals surface area contributed by atoms with Gasteiger partial charge in [-0.3, -0.25) is 0 Å². The first-order valence-corrected chi connectivity index (χ1v) is 13.5. The zero-order chi connectivity index (χ0) is 25.7. The molecule has 2 aromatic heterocycles. The number of aliphatic hydroxyl groups excluding tert-OH is 2. The minimum Gasteiger partial charge on any atom is -0.390 e. The van der Waals surface area contributed by atoms with Crippen molar-refractivity contribution in [2.75, 3.05) is 24.7 Å². The van der Waals surface area contributed by atoms with Crippen molar-refractivity contribution < 1.29 is 23.0 Å². The van der Waals surface area contributed by atoms with Gasteiger partial charge in [-0.1, -0.05) is 11.6 Å². The Morgan fingerprint density at radius 1 is 1.26 bits per heavy atom. The first-order chi connectivity index (χ1) is 16.4. The largest absolute Gasteiger partial charge is 0.390 e. The Kier molecular flexibility index (Phi) is 7.09. The molecule has 0 radical (unpaired) electrons. The number of sulfonamides is 1. The van der Waals surface area contributed by atoms with Crippen LogP contribution in [0.5, 0.6) is 0 Å². The van der Waals surface area contributed by atoms with E-state index in [-0.39, 0.29) is 24.6 Å². The number of aromatic nitrogens is 3. The molecule has 3 heterocycles. The van der Waals surface area contributed by atoms with Crippen molar-refractivity contribution >= 4 is 38.5 Å². The van der Waals surface area contributed by atoms with Gasteiger partial charge in [0, 0.05) is 30.9 Å². The van der Waals surface area contributed by atoms with Gasteiger partial charge in [-0.15, -0.1) is 0 Å². The number of halogens is 2. The van der Waals surface area contributed by atoms with Gasteiger partial charge in [0.25, 0.3) is 0 Å². The second-order valence-electron chi connectivity index (χ2n) is 9.21. The molecule has 1 aliphatic rings. The van der Waals surface area contributed by atoms with Crippen LogP contribution < -0.4 is 5.32 Å². The molecule has 12 heteroatoms. The molecule has 1 aliphatic heterocycles. The maximum Gasteiger partial charge on any atom is 0.211 e. The van der Waals surface area contributed by atoms with E-state index in [9.17, 15) is 18.6 Å². The Bertz CT molecular complexity index is 1360. The summed E-state index contributed by atoms with van der Waals surface area (Å²) >= 11 is 6.44. The fourth-order valence-corrected chi connectivity index (χ4v) is 5.54. The van der Waals surface area contributed by atoms with E-state index in [1.807, 2.05) is 13.8 Å². The van der Waals surface area contributed by atoms with Crippen LogP contribution in [-0.2, 0) is 10.0 Å². The number of pyridine rings is 1. The first-order valence-electron chi connectivity index (χ1n) is 11.3. The predicted molar refractivity (Wildman–Crippen MR) is 133 cm³/mol. The zero-order valence-corrected chi connectivity index (χ0v) is 21.5. The fourth-order valence-electron chi connectivity index (χ4n) is 4.46. The van der Waals surface area contributed by atoms with Gasteiger partial charge in [0.15, 0.2) is 5.82 Å². The third-order valence-corrected chi connectivity index (χ3v) is 7.75. The zero-order valence-electron chi connectivity index (χ0n) is 19.9. The molecule has 3 atom stereocenters. The maximum absolute atomic E-state index is 15.1. The molecule has 0 amide bonds. The summed E-state index contributed by atoms with van der Waals surface area (Å²) in [5.74, 6) is 0.261. The van der Waals surface area contributed by atoms with Gasteiger partial charge in [0.05, 0.1) is 28.9 Å². The lowest BCUT2D eigenvalue weighted by Gasteiger charge is -2.35. The number of piperidine rings is 1. The van der Waals surface area contributed by atoms with E-state index in [1.54, 1.807) is 23.6 Å². The molecule has 0 bridgehead atoms. The number of hydrogen-bond donors (Lipinski definition) is 3. The Morgan fingerprint density at radius 2 is 1.97 bits per heavy atom. The Morgan fingerprint density at radius 3 is 2.57 bits per heavy atom. The van der Waals surface area contributed by atoms with E-state index in [0.717, 1.165) is 6.26 Å². The second kappa shape index (κ2) is 9.62. The van der Waals surface area contributed by atoms with Gasteiger partial charge >= 0.3 is 0 Å². The van der Waals surface area contributed by atoms with E-state index < -0.39 is 34.1 Å². The second-order valence-corrected chi connectivity index (χ2v) is 11.6. The third-order valence-electron chi connectivity index (χ3n) is 6.18. The Hall–Kier alpha value is -2.31. The van der Waals surface area contributed by atoms with Crippen LogP contribution in [0.1, 0.15) is 45.2 Å². The molecule has 0 spiro atoms. The van der Waals surface area contributed by atoms with E-state index in [0.29, 0.717) is 39.7 Å². The number of anilines is 1. The Labute approximate surface area is 208 Å². The molecule has 35 heavy (non-hydrogen) atoms. The van der Waals surface area contributed by atoms with E-state index in [4.69, 9.17) is 11.6 Å². The Balaban J connectivity index is 1.69. The minimum absolute atomic E-state index is 0.0103. The number of aliphatic hydroxyl groups is 2. The normalized spacial score (nSPS) is 20.5. The van der Waals surface area contributed by atoms with Crippen LogP contribution in [0.3, 0.4) is 0 Å². The van der Waals surface area contributed by atoms with Crippen molar-refractivity contribution in [3.8, 4) is 11.1 Å². The molecule has 3 aromatic rings. The maximum atomic E-state index is 15.1. The third kappa shape index (κ3) is 5.14. The summed E-state index contributed by atoms with van der Waals surface area (Å²) in [6.07, 6.45) is 1.16. The van der Waals surface area contributed by atoms with Crippen LogP contribution in [0.2, 0.25) is 5.02 Å². The molecule has 9 nitrogen and oxygen atoms in total. The van der Waals surface area contributed by atoms with Crippen LogP contribution in [-0.4, -0.2) is 69.0 Å². The fraction of sp³-hybridized carbons (Fsp3) is 0.478. The van der Waals surface area contributed by atoms with Crippen molar-refractivity contribution in [1.29, 1.82) is 0 Å². The summed E-state index contributed by atoms with van der Waals surface area (Å²) in [7, 11) is -3.38. The van der Waals surface area contributed by atoms with Gasteiger partial charge in [-0.05, 0) is 51.0 Å². The number of benzene rings is 1. The molecular weight excluding hydrogens is 497 g/mol. The molecule has 4 rings (SSSR count). The number of fused-ring (bicyclic) bond motifs is 1. The highest BCUT2D eigenvalue weighted by Crippen LogP contribution is 2.35. The van der Waals surface area contributed by atoms with Crippen molar-refractivity contribution in [3.63, 3.8) is 0 Å². The minimum atomic E-state index is -3.38. The lowest BCUT2D eigenvalue weighted by molar-refractivity contribution is 0.0952. The van der Waals surface area contributed by atoms with Crippen molar-refractivity contribution in [2.45, 2.75) is 51.5 Å². The smallest absolute Gasteiger partial charge is 0.211 e. The van der Waals surface area contributed by atoms with Crippen molar-refractivity contribution in [3.05, 3.63) is 41.1 Å². The molecule has 1 saturated heterocycles. The highest BCUT2D eigenvalue weighted by molar-refractivity contribution is 7.88. The number of rotatable bonds is 6. The average molecular weight is 526 g/mol. The summed E-state index contributed by atoms with van der Waals surface area (Å²) in [6.45, 7) is 5.72. The topological polar surface area (TPSA) is 121 Å². The van der Waals surface area contributed by atoms with Gasteiger partial charge in [-0.25, -0.2) is 22.8 Å². The van der Waals surface area contributed by atoms with Gasteiger partial charge in [0.1, 0.15) is 23.3 Å². The SMILES string of the molecule is CC(C)n1c([C@@H](C)O)nc2c(F)cc(-c3cc(N[C@@H]4CCN(S(C)(=O)=O)C[C@H]4O)ncc3Cl)cc21. The molecule has 0 aliphatic carbocycles. The quantitative estimate of drug-likeness (QED) is 0.451. The average Bonchev–Trinajstić information content (AvgIpc) is 3.16. The van der Waals surface area contributed by atoms with Gasteiger partial charge < -0.3 is 20.1 Å². The first kappa shape index (κ1) is 25.8. The van der Waals surface area contributed by atoms with Crippen LogP contribution >= 0.6 is 11.6 Å². The van der Waals surface area contributed by atoms with E-state index in [2.05, 4.69) is 15.3 Å². The summed E-state index contributed by atoms with van der Waals surface area (Å²) in [4.78, 5) is 8.61. The van der Waals surface area contributed by atoms with E-state index in [1.165, 1.54) is 16.6 Å². The lowest BCUT2D eigenvalue weighted by Crippen LogP contribution is -2.51. The highest BCUT2D eigenvalue weighted by Gasteiger charge is 2.32. The van der Waals surface area contributed by atoms with Crippen LogP contribution in [0.4, 0.5) is 10.2 Å². The lowest BCUT2D eigenvalue weighted by atomic mass is 10.0. The number of hydrogen-bond acceptors (Lipinski definition) is 7. The van der Waals surface area contributed by atoms with Gasteiger partial charge in [-0.2, -0.15) is 4.31 Å². The molecule has 1 fully saturated rings. The van der Waals surface area contributed by atoms with Crippen LogP contribution in [0.15, 0.2) is 24.4 Å². The number of β-amino-alcohol motifs (C(OH)–C–C–N with tert-alkyl or cyclic N) is 1. The highest BCUT2D eigenvalue weighted by atomic mass is 35.5. The van der Waals surface area contributed by atoms with Crippen LogP contribution in [0.25, 0.3) is 22.2 Å². The molecule has 0 saturated carbocycles. The van der Waals surface area contributed by atoms with E-state index >= 15 is 4.39 Å². The summed E-state index contributed by atoms with van der Waals surface area (Å²) in [5.41, 5.74) is 1.75. The molecular formula is C23H29ClFN5O4S. The monoisotopic (exact) mass is 525 g/mol. The number of imidazole rings is 1. The summed E-state index contributed by atoms with van der Waals surface area (Å²) in [5, 5.41) is 24.1. The predicted octanol–water partition coefficient (Wildman–Crippen LogP) is 3.33. The molecule has 1 aromatic carbocycles. The number of nitrogens with zero attached hydrogens (tertiary/aromatic N) is 4. The standard InChI is InChI=1S/C23H29ClFN5O4S/c1-12(2)30-19-8-14(7-17(25)22(19)28-23(30)13(3)31)15-9-21(26-10-16(15)24)27-18-5-6-29(11-20(18)32)35(4,33)34/h7-10,12-13,18,20,31-32H,5-6,11H2,1-4H3,(H,26,27)/t13-,18-,20-/m1/s1. The van der Waals surface area contributed by atoms with Crippen LogP contribution in [0, 0.1) is 5.82 Å². The molecule has 3 N–H and O–H groups in total. The summed E-state index contributed by atoms with van der Waals surface area (Å²) < 4.78 is 41.7.